The molecule has 0 amide bonds. The molecule has 1 atom stereocenters. The highest BCUT2D eigenvalue weighted by Crippen LogP contribution is 2.26. The van der Waals surface area contributed by atoms with Crippen LogP contribution in [0.2, 0.25) is 0 Å². The minimum Gasteiger partial charge on any atom is -0.388 e. The van der Waals surface area contributed by atoms with Gasteiger partial charge in [-0.15, -0.1) is 0 Å². The number of hydrogen-bond acceptors (Lipinski definition) is 2. The molecule has 0 saturated heterocycles. The van der Waals surface area contributed by atoms with Crippen LogP contribution in [0.3, 0.4) is 0 Å². The van der Waals surface area contributed by atoms with Crippen molar-refractivity contribution in [3.8, 4) is 0 Å². The van der Waals surface area contributed by atoms with Gasteiger partial charge in [0.15, 0.2) is 0 Å². The van der Waals surface area contributed by atoms with Gasteiger partial charge in [0, 0.05) is 18.0 Å². The molecule has 0 spiro atoms. The van der Waals surface area contributed by atoms with E-state index in [0.29, 0.717) is 16.5 Å². The van der Waals surface area contributed by atoms with E-state index in [1.54, 1.807) is 18.3 Å². The molecule has 21 heavy (non-hydrogen) atoms. The van der Waals surface area contributed by atoms with Gasteiger partial charge in [0.2, 0.25) is 0 Å². The van der Waals surface area contributed by atoms with Gasteiger partial charge in [0.05, 0.1) is 16.1 Å². The first-order valence-electron chi connectivity index (χ1n) is 6.61. The fourth-order valence-corrected chi connectivity index (χ4v) is 2.78. The first kappa shape index (κ1) is 14.2. The van der Waals surface area contributed by atoms with Gasteiger partial charge in [0.1, 0.15) is 5.82 Å². The van der Waals surface area contributed by atoms with Crippen molar-refractivity contribution in [2.24, 2.45) is 0 Å². The van der Waals surface area contributed by atoms with Gasteiger partial charge in [-0.25, -0.2) is 4.39 Å². The van der Waals surface area contributed by atoms with Gasteiger partial charge < -0.3 is 5.11 Å². The Hall–Kier alpha value is -1.78. The summed E-state index contributed by atoms with van der Waals surface area (Å²) in [6.45, 7) is 0. The maximum atomic E-state index is 13.3. The summed E-state index contributed by atoms with van der Waals surface area (Å²) in [5.74, 6) is -0.333. The molecule has 2 nitrogen and oxygen atoms in total. The van der Waals surface area contributed by atoms with Crippen LogP contribution in [0.1, 0.15) is 17.2 Å². The standard InChI is InChI=1S/C17H13BrFNO/c18-14-9-12(5-6-15(14)19)17(21)10-11-7-8-20-16-4-2-1-3-13(11)16/h1-9,17,21H,10H2. The number of aliphatic hydroxyl groups excluding tert-OH is 1. The van der Waals surface area contributed by atoms with E-state index in [-0.39, 0.29) is 5.82 Å². The van der Waals surface area contributed by atoms with E-state index in [1.165, 1.54) is 6.07 Å². The smallest absolute Gasteiger partial charge is 0.137 e. The molecule has 4 heteroatoms. The summed E-state index contributed by atoms with van der Waals surface area (Å²) in [5, 5.41) is 11.4. The molecule has 0 aliphatic heterocycles. The molecule has 3 rings (SSSR count). The monoisotopic (exact) mass is 345 g/mol. The molecule has 0 radical (unpaired) electrons. The van der Waals surface area contributed by atoms with Crippen molar-refractivity contribution in [1.29, 1.82) is 0 Å². The zero-order valence-electron chi connectivity index (χ0n) is 11.1. The summed E-state index contributed by atoms with van der Waals surface area (Å²) in [7, 11) is 0. The Morgan fingerprint density at radius 1 is 1.14 bits per heavy atom. The van der Waals surface area contributed by atoms with Crippen molar-refractivity contribution >= 4 is 26.8 Å². The lowest BCUT2D eigenvalue weighted by atomic mass is 9.99. The van der Waals surface area contributed by atoms with Crippen molar-refractivity contribution in [3.05, 3.63) is 76.1 Å². The zero-order valence-corrected chi connectivity index (χ0v) is 12.7. The Kier molecular flexibility index (Phi) is 3.99. The maximum absolute atomic E-state index is 13.3. The van der Waals surface area contributed by atoms with E-state index < -0.39 is 6.10 Å². The number of fused-ring (bicyclic) bond motifs is 1. The number of halogens is 2. The predicted molar refractivity (Wildman–Crippen MR) is 84.5 cm³/mol. The molecule has 2 aromatic carbocycles. The molecule has 1 unspecified atom stereocenters. The maximum Gasteiger partial charge on any atom is 0.137 e. The van der Waals surface area contributed by atoms with Crippen molar-refractivity contribution in [2.45, 2.75) is 12.5 Å². The topological polar surface area (TPSA) is 33.1 Å². The van der Waals surface area contributed by atoms with Gasteiger partial charge in [0.25, 0.3) is 0 Å². The van der Waals surface area contributed by atoms with Crippen molar-refractivity contribution in [2.75, 3.05) is 0 Å². The molecule has 0 aliphatic carbocycles. The predicted octanol–water partition coefficient (Wildman–Crippen LogP) is 4.41. The number of pyridine rings is 1. The fourth-order valence-electron chi connectivity index (χ4n) is 2.38. The lowest BCUT2D eigenvalue weighted by Gasteiger charge is -2.13. The Bertz CT molecular complexity index is 785. The molecule has 0 aliphatic rings. The molecule has 0 bridgehead atoms. The van der Waals surface area contributed by atoms with E-state index in [1.807, 2.05) is 30.3 Å². The normalized spacial score (nSPS) is 12.5. The third-order valence-electron chi connectivity index (χ3n) is 3.48. The molecule has 1 N–H and O–H groups in total. The van der Waals surface area contributed by atoms with Crippen LogP contribution in [-0.4, -0.2) is 10.1 Å². The Balaban J connectivity index is 1.92. The number of para-hydroxylation sites is 1. The highest BCUT2D eigenvalue weighted by atomic mass is 79.9. The van der Waals surface area contributed by atoms with E-state index in [2.05, 4.69) is 20.9 Å². The molecular weight excluding hydrogens is 333 g/mol. The van der Waals surface area contributed by atoms with Crippen LogP contribution in [0, 0.1) is 5.82 Å². The van der Waals surface area contributed by atoms with Crippen molar-refractivity contribution < 1.29 is 9.50 Å². The summed E-state index contributed by atoms with van der Waals surface area (Å²) in [5.41, 5.74) is 2.61. The van der Waals surface area contributed by atoms with Gasteiger partial charge in [-0.1, -0.05) is 24.3 Å². The zero-order chi connectivity index (χ0) is 14.8. The van der Waals surface area contributed by atoms with Crippen LogP contribution in [0.4, 0.5) is 4.39 Å². The van der Waals surface area contributed by atoms with E-state index in [4.69, 9.17) is 0 Å². The summed E-state index contributed by atoms with van der Waals surface area (Å²) in [6.07, 6.45) is 1.51. The lowest BCUT2D eigenvalue weighted by Crippen LogP contribution is -2.03. The number of aromatic nitrogens is 1. The van der Waals surface area contributed by atoms with Crippen LogP contribution < -0.4 is 0 Å². The summed E-state index contributed by atoms with van der Waals surface area (Å²) in [4.78, 5) is 4.31. The van der Waals surface area contributed by atoms with E-state index >= 15 is 0 Å². The highest BCUT2D eigenvalue weighted by Gasteiger charge is 2.12. The van der Waals surface area contributed by atoms with Gasteiger partial charge >= 0.3 is 0 Å². The Morgan fingerprint density at radius 2 is 1.95 bits per heavy atom. The van der Waals surface area contributed by atoms with E-state index in [0.717, 1.165) is 16.5 Å². The SMILES string of the molecule is OC(Cc1ccnc2ccccc12)c1ccc(F)c(Br)c1. The number of benzene rings is 2. The first-order valence-corrected chi connectivity index (χ1v) is 7.40. The largest absolute Gasteiger partial charge is 0.388 e. The Morgan fingerprint density at radius 3 is 2.76 bits per heavy atom. The number of rotatable bonds is 3. The minimum absolute atomic E-state index is 0.333. The third kappa shape index (κ3) is 2.96. The molecule has 1 heterocycles. The van der Waals surface area contributed by atoms with Crippen molar-refractivity contribution in [3.63, 3.8) is 0 Å². The van der Waals surface area contributed by atoms with Gasteiger partial charge in [-0.2, -0.15) is 0 Å². The van der Waals surface area contributed by atoms with Gasteiger partial charge in [-0.3, -0.25) is 4.98 Å². The van der Waals surface area contributed by atoms with Crippen LogP contribution in [0.15, 0.2) is 59.2 Å². The summed E-state index contributed by atoms with van der Waals surface area (Å²) < 4.78 is 13.6. The van der Waals surface area contributed by atoms with E-state index in [9.17, 15) is 9.50 Å². The average Bonchev–Trinajstić information content (AvgIpc) is 2.50. The van der Waals surface area contributed by atoms with Crippen molar-refractivity contribution in [1.82, 2.24) is 4.98 Å². The molecule has 3 aromatic rings. The van der Waals surface area contributed by atoms with Gasteiger partial charge in [-0.05, 0) is 51.3 Å². The van der Waals surface area contributed by atoms with Crippen LogP contribution in [-0.2, 0) is 6.42 Å². The molecule has 0 fully saturated rings. The fraction of sp³-hybridized carbons (Fsp3) is 0.118. The van der Waals surface area contributed by atoms with Crippen LogP contribution in [0.5, 0.6) is 0 Å². The number of aliphatic hydroxyl groups is 1. The second-order valence-electron chi connectivity index (χ2n) is 4.88. The highest BCUT2D eigenvalue weighted by molar-refractivity contribution is 9.10. The molecule has 0 saturated carbocycles. The molecular formula is C17H13BrFNO. The number of hydrogen-bond donors (Lipinski definition) is 1. The van der Waals surface area contributed by atoms with Crippen LogP contribution in [0.25, 0.3) is 10.9 Å². The average molecular weight is 346 g/mol. The Labute approximate surface area is 130 Å². The summed E-state index contributed by atoms with van der Waals surface area (Å²) in [6, 6.07) is 14.3. The molecule has 1 aromatic heterocycles. The minimum atomic E-state index is -0.687. The third-order valence-corrected chi connectivity index (χ3v) is 4.09. The summed E-state index contributed by atoms with van der Waals surface area (Å²) >= 11 is 3.14. The second kappa shape index (κ2) is 5.92. The molecule has 106 valence electrons. The van der Waals surface area contributed by atoms with Crippen LogP contribution >= 0.6 is 15.9 Å². The lowest BCUT2D eigenvalue weighted by molar-refractivity contribution is 0.178. The first-order chi connectivity index (χ1) is 10.1. The quantitative estimate of drug-likeness (QED) is 0.762. The second-order valence-corrected chi connectivity index (χ2v) is 5.74. The number of nitrogens with zero attached hydrogens (tertiary/aromatic N) is 1.